The second-order valence-electron chi connectivity index (χ2n) is 8.24. The van der Waals surface area contributed by atoms with Crippen molar-refractivity contribution in [2.45, 2.75) is 70.4 Å². The molecule has 1 nitrogen and oxygen atoms in total. The van der Waals surface area contributed by atoms with Gasteiger partial charge in [0.25, 0.3) is 0 Å². The molecule has 0 fully saturated rings. The first-order chi connectivity index (χ1) is 17.3. The lowest BCUT2D eigenvalue weighted by Gasteiger charge is -2.15. The summed E-state index contributed by atoms with van der Waals surface area (Å²) in [4.78, 5) is 2.80. The van der Waals surface area contributed by atoms with E-state index >= 15 is 0 Å². The minimum absolute atomic E-state index is 0.0213. The molecular weight excluding hydrogens is 543 g/mol. The Morgan fingerprint density at radius 2 is 0.919 bits per heavy atom. The van der Waals surface area contributed by atoms with Gasteiger partial charge in [0.05, 0.1) is 16.3 Å². The monoisotopic (exact) mass is 563 g/mol. The zero-order valence-corrected chi connectivity index (χ0v) is 19.9. The van der Waals surface area contributed by atoms with Gasteiger partial charge in [0.2, 0.25) is 0 Å². The molecule has 204 valence electrons. The van der Waals surface area contributed by atoms with E-state index in [1.54, 1.807) is 0 Å². The van der Waals surface area contributed by atoms with E-state index < -0.39 is 87.9 Å². The smallest absolute Gasteiger partial charge is 0.203 e. The van der Waals surface area contributed by atoms with E-state index in [4.69, 9.17) is 0 Å². The zero-order chi connectivity index (χ0) is 27.9. The number of rotatable bonds is 12. The fourth-order valence-corrected chi connectivity index (χ4v) is 3.88. The summed E-state index contributed by atoms with van der Waals surface area (Å²) in [5.74, 6) is -17.5. The number of isothiocyanates is 1. The van der Waals surface area contributed by atoms with Crippen LogP contribution in [0.4, 0.5) is 54.0 Å². The van der Waals surface area contributed by atoms with Crippen LogP contribution in [-0.4, -0.2) is 11.3 Å². The van der Waals surface area contributed by atoms with Crippen molar-refractivity contribution in [1.82, 2.24) is 0 Å². The summed E-state index contributed by atoms with van der Waals surface area (Å²) in [6, 6.07) is 0. The highest BCUT2D eigenvalue weighted by Gasteiger charge is 2.34. The van der Waals surface area contributed by atoms with Crippen molar-refractivity contribution in [3.8, 4) is 11.1 Å². The summed E-state index contributed by atoms with van der Waals surface area (Å²) in [5.41, 5.74) is -6.58. The van der Waals surface area contributed by atoms with E-state index in [1.807, 2.05) is 0 Å². The molecule has 2 rings (SSSR count). The lowest BCUT2D eigenvalue weighted by molar-refractivity contribution is -0.135. The molecule has 2 aromatic rings. The average Bonchev–Trinajstić information content (AvgIpc) is 2.83. The van der Waals surface area contributed by atoms with Gasteiger partial charge in [-0.25, -0.2) is 35.1 Å². The molecule has 0 bridgehead atoms. The molecule has 0 N–H and O–H groups in total. The van der Waals surface area contributed by atoms with Gasteiger partial charge >= 0.3 is 6.18 Å². The largest absolute Gasteiger partial charge is 0.389 e. The van der Waals surface area contributed by atoms with E-state index in [1.165, 1.54) is 5.16 Å². The van der Waals surface area contributed by atoms with Crippen molar-refractivity contribution in [3.05, 3.63) is 52.1 Å². The summed E-state index contributed by atoms with van der Waals surface area (Å²) >= 11 is 4.10. The molecule has 0 spiro atoms. The Hall–Kier alpha value is -2.53. The Labute approximate surface area is 210 Å². The number of alkyl halides is 3. The van der Waals surface area contributed by atoms with E-state index in [-0.39, 0.29) is 12.8 Å². The molecule has 0 aliphatic carbocycles. The summed E-state index contributed by atoms with van der Waals surface area (Å²) in [5, 5.41) is 1.47. The second-order valence-corrected chi connectivity index (χ2v) is 8.42. The van der Waals surface area contributed by atoms with Gasteiger partial charge in [-0.2, -0.15) is 18.2 Å². The van der Waals surface area contributed by atoms with Gasteiger partial charge in [-0.05, 0) is 31.5 Å². The predicted molar refractivity (Wildman–Crippen MR) is 118 cm³/mol. The topological polar surface area (TPSA) is 12.4 Å². The molecule has 0 aliphatic heterocycles. The molecule has 37 heavy (non-hydrogen) atoms. The van der Waals surface area contributed by atoms with Crippen LogP contribution in [0.15, 0.2) is 4.99 Å². The molecule has 0 radical (unpaired) electrons. The molecule has 0 heterocycles. The molecule has 13 heteroatoms. The van der Waals surface area contributed by atoms with E-state index in [0.29, 0.717) is 38.5 Å². The average molecular weight is 563 g/mol. The van der Waals surface area contributed by atoms with Crippen molar-refractivity contribution in [2.24, 2.45) is 4.99 Å². The minimum Gasteiger partial charge on any atom is -0.203 e. The van der Waals surface area contributed by atoms with Crippen molar-refractivity contribution in [1.29, 1.82) is 0 Å². The van der Waals surface area contributed by atoms with Crippen LogP contribution in [0, 0.1) is 46.5 Å². The highest BCUT2D eigenvalue weighted by Crippen LogP contribution is 2.40. The third kappa shape index (κ3) is 7.50. The number of hydrogen-bond acceptors (Lipinski definition) is 2. The van der Waals surface area contributed by atoms with Gasteiger partial charge in [-0.3, -0.25) is 0 Å². The van der Waals surface area contributed by atoms with Crippen LogP contribution < -0.4 is 0 Å². The molecule has 2 aromatic carbocycles. The lowest BCUT2D eigenvalue weighted by atomic mass is 9.96. The minimum atomic E-state index is -4.19. The van der Waals surface area contributed by atoms with Gasteiger partial charge in [0.1, 0.15) is 0 Å². The number of thiocarbonyl (C=S) groups is 1. The van der Waals surface area contributed by atoms with Crippen LogP contribution in [0.5, 0.6) is 0 Å². The summed E-state index contributed by atoms with van der Waals surface area (Å²) in [6.45, 7) is 0. The first-order valence-electron chi connectivity index (χ1n) is 11.2. The molecule has 0 aromatic heterocycles. The third-order valence-corrected chi connectivity index (χ3v) is 5.73. The normalized spacial score (nSPS) is 11.6. The maximum atomic E-state index is 14.6. The molecule has 0 unspecified atom stereocenters. The number of aliphatic imine (C=N–C) groups is 1. The number of benzene rings is 2. The lowest BCUT2D eigenvalue weighted by Crippen LogP contribution is -2.10. The summed E-state index contributed by atoms with van der Waals surface area (Å²) in [6.07, 6.45) is -2.31. The predicted octanol–water partition coefficient (Wildman–Crippen LogP) is 9.82. The molecular formula is C24H20F11NS. The van der Waals surface area contributed by atoms with Crippen LogP contribution in [0.2, 0.25) is 0 Å². The summed E-state index contributed by atoms with van der Waals surface area (Å²) < 4.78 is 151. The van der Waals surface area contributed by atoms with E-state index in [0.717, 1.165) is 0 Å². The van der Waals surface area contributed by atoms with Gasteiger partial charge in [0, 0.05) is 12.0 Å². The highest BCUT2D eigenvalue weighted by molar-refractivity contribution is 7.78. The van der Waals surface area contributed by atoms with E-state index in [9.17, 15) is 48.3 Å². The van der Waals surface area contributed by atoms with Crippen LogP contribution in [0.25, 0.3) is 11.1 Å². The maximum Gasteiger partial charge on any atom is 0.389 e. The van der Waals surface area contributed by atoms with Gasteiger partial charge < -0.3 is 0 Å². The number of unbranched alkanes of at least 4 members (excludes halogenated alkanes) is 7. The molecule has 0 aliphatic rings. The fraction of sp³-hybridized carbons (Fsp3) is 0.458. The highest BCUT2D eigenvalue weighted by atomic mass is 32.1. The Balaban J connectivity index is 2.11. The van der Waals surface area contributed by atoms with Gasteiger partial charge in [-0.15, -0.1) is 0 Å². The Bertz CT molecular complexity index is 1110. The second kappa shape index (κ2) is 13.3. The molecule has 0 saturated carbocycles. The maximum absolute atomic E-state index is 14.6. The third-order valence-electron chi connectivity index (χ3n) is 5.64. The van der Waals surface area contributed by atoms with Crippen molar-refractivity contribution in [2.75, 3.05) is 0 Å². The first-order valence-corrected chi connectivity index (χ1v) is 11.6. The van der Waals surface area contributed by atoms with Crippen LogP contribution in [-0.2, 0) is 6.42 Å². The zero-order valence-electron chi connectivity index (χ0n) is 19.1. The van der Waals surface area contributed by atoms with Crippen LogP contribution in [0.1, 0.15) is 63.4 Å². The first kappa shape index (κ1) is 30.7. The quantitative estimate of drug-likeness (QED) is 0.0823. The van der Waals surface area contributed by atoms with Crippen LogP contribution in [0.3, 0.4) is 0 Å². The molecule has 0 amide bonds. The standard InChI is InChI=1S/C24H20F11NS/c25-15-12(9-7-5-3-1-2-4-6-8-10-24(33,34)35)16(26)18(28)13(17(15)27)14-19(29)21(31)23(36-11-37)22(32)20(14)30/h1-10H2. The van der Waals surface area contributed by atoms with Crippen LogP contribution >= 0.6 is 12.2 Å². The summed E-state index contributed by atoms with van der Waals surface area (Å²) in [7, 11) is 0. The van der Waals surface area contributed by atoms with Crippen molar-refractivity contribution in [3.63, 3.8) is 0 Å². The molecule has 0 atom stereocenters. The SMILES string of the molecule is Fc1c(F)c(-c2c(F)c(F)c(N=C=S)c(F)c2F)c(F)c(F)c1CCCCCCCCCCC(F)(F)F. The van der Waals surface area contributed by atoms with Gasteiger partial charge in [0.15, 0.2) is 52.2 Å². The number of nitrogens with zero attached hydrogens (tertiary/aromatic N) is 1. The number of hydrogen-bond donors (Lipinski definition) is 0. The Morgan fingerprint density at radius 3 is 1.32 bits per heavy atom. The Kier molecular flexibility index (Phi) is 11.0. The van der Waals surface area contributed by atoms with Crippen molar-refractivity contribution < 1.29 is 48.3 Å². The van der Waals surface area contributed by atoms with E-state index in [2.05, 4.69) is 17.2 Å². The van der Waals surface area contributed by atoms with Gasteiger partial charge in [-0.1, -0.05) is 38.5 Å². The molecule has 0 saturated heterocycles. The van der Waals surface area contributed by atoms with Crippen molar-refractivity contribution >= 4 is 23.1 Å². The Morgan fingerprint density at radius 1 is 0.541 bits per heavy atom. The fourth-order valence-electron chi connectivity index (χ4n) is 3.79. The number of halogens is 11.